The van der Waals surface area contributed by atoms with Gasteiger partial charge >= 0.3 is 5.97 Å². The Labute approximate surface area is 175 Å². The van der Waals surface area contributed by atoms with E-state index in [1.165, 1.54) is 18.2 Å². The van der Waals surface area contributed by atoms with E-state index in [2.05, 4.69) is 0 Å². The maximum Gasteiger partial charge on any atom is 0.338 e. The SMILES string of the molecule is O=C(O[C@H]1Cc2c(O)cc(O)cc2O[C@H]1c1ccc(O)cc1)c1cc(O)c(O)c(O)c1. The first-order chi connectivity index (χ1) is 14.7. The number of phenolic OH excluding ortho intramolecular Hbond substituents is 6. The van der Waals surface area contributed by atoms with Crippen molar-refractivity contribution in [3.05, 3.63) is 65.2 Å². The smallest absolute Gasteiger partial charge is 0.338 e. The topological polar surface area (TPSA) is 157 Å². The van der Waals surface area contributed by atoms with Gasteiger partial charge in [0.15, 0.2) is 23.4 Å². The monoisotopic (exact) mass is 426 g/mol. The molecule has 1 heterocycles. The Hall–Kier alpha value is -4.27. The maximum atomic E-state index is 12.7. The van der Waals surface area contributed by atoms with E-state index in [-0.39, 0.29) is 35.0 Å². The molecule has 160 valence electrons. The summed E-state index contributed by atoms with van der Waals surface area (Å²) in [5.74, 6) is -3.27. The zero-order valence-electron chi connectivity index (χ0n) is 15.9. The largest absolute Gasteiger partial charge is 0.508 e. The molecular formula is C22H18O9. The van der Waals surface area contributed by atoms with Crippen LogP contribution in [-0.2, 0) is 11.2 Å². The van der Waals surface area contributed by atoms with Crippen LogP contribution >= 0.6 is 0 Å². The normalized spacial score (nSPS) is 17.4. The highest BCUT2D eigenvalue weighted by Crippen LogP contribution is 2.43. The summed E-state index contributed by atoms with van der Waals surface area (Å²) in [5, 5.41) is 58.3. The number of esters is 1. The first kappa shape index (κ1) is 20.0. The van der Waals surface area contributed by atoms with Crippen molar-refractivity contribution >= 4 is 5.97 Å². The lowest BCUT2D eigenvalue weighted by Crippen LogP contribution is -2.34. The van der Waals surface area contributed by atoms with Crippen LogP contribution in [0.4, 0.5) is 0 Å². The zero-order valence-corrected chi connectivity index (χ0v) is 15.9. The number of carbonyl (C=O) groups is 1. The minimum Gasteiger partial charge on any atom is -0.508 e. The van der Waals surface area contributed by atoms with E-state index in [9.17, 15) is 35.4 Å². The second-order valence-electron chi connectivity index (χ2n) is 7.08. The Morgan fingerprint density at radius 1 is 0.839 bits per heavy atom. The van der Waals surface area contributed by atoms with E-state index in [4.69, 9.17) is 9.47 Å². The van der Waals surface area contributed by atoms with Crippen LogP contribution in [0.15, 0.2) is 48.5 Å². The van der Waals surface area contributed by atoms with Crippen molar-refractivity contribution in [3.8, 4) is 40.2 Å². The average molecular weight is 426 g/mol. The number of aromatic hydroxyl groups is 6. The number of rotatable bonds is 3. The van der Waals surface area contributed by atoms with Gasteiger partial charge in [0.25, 0.3) is 0 Å². The summed E-state index contributed by atoms with van der Waals surface area (Å²) in [7, 11) is 0. The van der Waals surface area contributed by atoms with E-state index in [0.29, 0.717) is 11.1 Å². The molecule has 0 unspecified atom stereocenters. The van der Waals surface area contributed by atoms with Gasteiger partial charge in [-0.3, -0.25) is 0 Å². The summed E-state index contributed by atoms with van der Waals surface area (Å²) in [6, 6.07) is 10.4. The molecule has 0 amide bonds. The summed E-state index contributed by atoms with van der Waals surface area (Å²) < 4.78 is 11.5. The molecule has 0 spiro atoms. The van der Waals surface area contributed by atoms with Gasteiger partial charge < -0.3 is 40.1 Å². The lowest BCUT2D eigenvalue weighted by molar-refractivity contribution is -0.0188. The van der Waals surface area contributed by atoms with Crippen molar-refractivity contribution in [1.29, 1.82) is 0 Å². The van der Waals surface area contributed by atoms with Crippen molar-refractivity contribution in [3.63, 3.8) is 0 Å². The number of ether oxygens (including phenoxy) is 2. The van der Waals surface area contributed by atoms with Crippen molar-refractivity contribution in [2.24, 2.45) is 0 Å². The molecule has 0 aliphatic carbocycles. The molecule has 0 saturated carbocycles. The van der Waals surface area contributed by atoms with Crippen LogP contribution in [0.3, 0.4) is 0 Å². The van der Waals surface area contributed by atoms with Gasteiger partial charge in [-0.05, 0) is 29.8 Å². The van der Waals surface area contributed by atoms with E-state index < -0.39 is 35.4 Å². The predicted octanol–water partition coefficient (Wildman–Crippen LogP) is 2.82. The fraction of sp³-hybridized carbons (Fsp3) is 0.136. The molecule has 0 radical (unpaired) electrons. The molecule has 2 atom stereocenters. The molecular weight excluding hydrogens is 408 g/mol. The van der Waals surface area contributed by atoms with Crippen molar-refractivity contribution in [2.75, 3.05) is 0 Å². The van der Waals surface area contributed by atoms with Gasteiger partial charge in [0.05, 0.1) is 5.56 Å². The predicted molar refractivity (Wildman–Crippen MR) is 106 cm³/mol. The summed E-state index contributed by atoms with van der Waals surface area (Å²) in [6.07, 6.45) is -1.76. The molecule has 0 aromatic heterocycles. The fourth-order valence-corrected chi connectivity index (χ4v) is 3.43. The second kappa shape index (κ2) is 7.52. The minimum absolute atomic E-state index is 0.0267. The third-order valence-electron chi connectivity index (χ3n) is 4.95. The van der Waals surface area contributed by atoms with Crippen molar-refractivity contribution < 1.29 is 44.9 Å². The Morgan fingerprint density at radius 3 is 2.13 bits per heavy atom. The molecule has 6 N–H and O–H groups in total. The molecule has 3 aromatic carbocycles. The quantitative estimate of drug-likeness (QED) is 0.274. The highest BCUT2D eigenvalue weighted by atomic mass is 16.6. The van der Waals surface area contributed by atoms with Crippen LogP contribution in [0.5, 0.6) is 40.2 Å². The van der Waals surface area contributed by atoms with Gasteiger partial charge in [-0.1, -0.05) is 12.1 Å². The second-order valence-corrected chi connectivity index (χ2v) is 7.08. The van der Waals surface area contributed by atoms with Gasteiger partial charge in [-0.15, -0.1) is 0 Å². The third-order valence-corrected chi connectivity index (χ3v) is 4.95. The molecule has 0 fully saturated rings. The van der Waals surface area contributed by atoms with E-state index in [1.807, 2.05) is 0 Å². The average Bonchev–Trinajstić information content (AvgIpc) is 2.72. The Kier molecular flexibility index (Phi) is 4.86. The number of hydrogen-bond donors (Lipinski definition) is 6. The van der Waals surface area contributed by atoms with Gasteiger partial charge in [0.2, 0.25) is 0 Å². The highest BCUT2D eigenvalue weighted by molar-refractivity contribution is 5.91. The first-order valence-electron chi connectivity index (χ1n) is 9.19. The molecule has 1 aliphatic rings. The molecule has 9 heteroatoms. The fourth-order valence-electron chi connectivity index (χ4n) is 3.43. The summed E-state index contributed by atoms with van der Waals surface area (Å²) in [6.45, 7) is 0. The molecule has 0 bridgehead atoms. The number of fused-ring (bicyclic) bond motifs is 1. The Balaban J connectivity index is 1.70. The number of carbonyl (C=O) groups excluding carboxylic acids is 1. The van der Waals surface area contributed by atoms with Crippen molar-refractivity contribution in [2.45, 2.75) is 18.6 Å². The van der Waals surface area contributed by atoms with Gasteiger partial charge in [0.1, 0.15) is 29.1 Å². The lowest BCUT2D eigenvalue weighted by atomic mass is 9.93. The van der Waals surface area contributed by atoms with Gasteiger partial charge in [-0.2, -0.15) is 0 Å². The summed E-state index contributed by atoms with van der Waals surface area (Å²) in [5.41, 5.74) is 0.667. The minimum atomic E-state index is -0.946. The van der Waals surface area contributed by atoms with Crippen LogP contribution in [0, 0.1) is 0 Å². The Bertz CT molecular complexity index is 1130. The number of benzene rings is 3. The van der Waals surface area contributed by atoms with E-state index in [1.54, 1.807) is 12.1 Å². The van der Waals surface area contributed by atoms with Gasteiger partial charge in [0, 0.05) is 24.1 Å². The van der Waals surface area contributed by atoms with Crippen LogP contribution in [-0.4, -0.2) is 42.7 Å². The molecule has 1 aliphatic heterocycles. The lowest BCUT2D eigenvalue weighted by Gasteiger charge is -2.34. The third kappa shape index (κ3) is 3.80. The van der Waals surface area contributed by atoms with Crippen LogP contribution < -0.4 is 4.74 Å². The zero-order chi connectivity index (χ0) is 22.3. The maximum absolute atomic E-state index is 12.7. The Morgan fingerprint density at radius 2 is 1.48 bits per heavy atom. The standard InChI is InChI=1S/C22H18O9/c23-12-3-1-10(2-4-12)21-19(9-14-15(25)7-13(24)8-18(14)30-21)31-22(29)11-5-16(26)20(28)17(27)6-11/h1-8,19,21,23-28H,9H2/t19-,21-/m0/s1. The molecule has 9 nitrogen and oxygen atoms in total. The number of phenols is 6. The van der Waals surface area contributed by atoms with Crippen molar-refractivity contribution in [1.82, 2.24) is 0 Å². The van der Waals surface area contributed by atoms with E-state index >= 15 is 0 Å². The van der Waals surface area contributed by atoms with Gasteiger partial charge in [-0.25, -0.2) is 4.79 Å². The first-order valence-corrected chi connectivity index (χ1v) is 9.19. The van der Waals surface area contributed by atoms with E-state index in [0.717, 1.165) is 18.2 Å². The molecule has 3 aromatic rings. The molecule has 0 saturated heterocycles. The molecule has 31 heavy (non-hydrogen) atoms. The summed E-state index contributed by atoms with van der Waals surface area (Å²) in [4.78, 5) is 12.7. The number of hydrogen-bond acceptors (Lipinski definition) is 9. The van der Waals surface area contributed by atoms with Crippen LogP contribution in [0.1, 0.15) is 27.6 Å². The summed E-state index contributed by atoms with van der Waals surface area (Å²) >= 11 is 0. The van der Waals surface area contributed by atoms with Crippen LogP contribution in [0.2, 0.25) is 0 Å². The van der Waals surface area contributed by atoms with Crippen LogP contribution in [0.25, 0.3) is 0 Å². The molecule has 4 rings (SSSR count). The highest BCUT2D eigenvalue weighted by Gasteiger charge is 2.36.